The SMILES string of the molecule is C/N=C/C=C\c1c(C)c2ncccc2c2nc(C#N)c(C#N)nc12. The first-order valence-electron chi connectivity index (χ1n) is 7.19. The molecule has 114 valence electrons. The number of nitrogens with zero attached hydrogens (tertiary/aromatic N) is 6. The average Bonchev–Trinajstić information content (AvgIpc) is 2.63. The van der Waals surface area contributed by atoms with E-state index in [1.165, 1.54) is 0 Å². The van der Waals surface area contributed by atoms with Crippen molar-refractivity contribution < 1.29 is 0 Å². The Morgan fingerprint density at radius 3 is 2.46 bits per heavy atom. The van der Waals surface area contributed by atoms with Gasteiger partial charge in [-0.05, 0) is 30.7 Å². The number of hydrogen-bond donors (Lipinski definition) is 0. The van der Waals surface area contributed by atoms with Gasteiger partial charge in [0.25, 0.3) is 0 Å². The van der Waals surface area contributed by atoms with Gasteiger partial charge in [-0.25, -0.2) is 9.97 Å². The molecule has 0 amide bonds. The summed E-state index contributed by atoms with van der Waals surface area (Å²) in [5, 5.41) is 19.3. The van der Waals surface area contributed by atoms with Crippen molar-refractivity contribution in [3.05, 3.63) is 46.9 Å². The molecule has 0 aliphatic rings. The highest BCUT2D eigenvalue weighted by atomic mass is 14.8. The summed E-state index contributed by atoms with van der Waals surface area (Å²) in [5.74, 6) is 0. The predicted octanol–water partition coefficient (Wildman–Crippen LogP) is 2.94. The van der Waals surface area contributed by atoms with Crippen molar-refractivity contribution in [2.75, 3.05) is 7.05 Å². The molecular formula is C18H12N6. The summed E-state index contributed by atoms with van der Waals surface area (Å²) in [6, 6.07) is 7.57. The Labute approximate surface area is 138 Å². The van der Waals surface area contributed by atoms with Gasteiger partial charge in [0.15, 0.2) is 11.4 Å². The van der Waals surface area contributed by atoms with E-state index in [2.05, 4.69) is 19.9 Å². The quantitative estimate of drug-likeness (QED) is 0.535. The fraction of sp³-hybridized carbons (Fsp3) is 0.111. The molecule has 0 unspecified atom stereocenters. The van der Waals surface area contributed by atoms with Crippen molar-refractivity contribution in [2.24, 2.45) is 4.99 Å². The van der Waals surface area contributed by atoms with Crippen molar-refractivity contribution >= 4 is 34.2 Å². The summed E-state index contributed by atoms with van der Waals surface area (Å²) in [6.07, 6.45) is 7.03. The van der Waals surface area contributed by atoms with Crippen LogP contribution < -0.4 is 0 Å². The van der Waals surface area contributed by atoms with Gasteiger partial charge in [0.05, 0.1) is 11.0 Å². The van der Waals surface area contributed by atoms with E-state index < -0.39 is 0 Å². The average molecular weight is 312 g/mol. The molecule has 6 heteroatoms. The van der Waals surface area contributed by atoms with E-state index in [4.69, 9.17) is 0 Å². The van der Waals surface area contributed by atoms with Crippen LogP contribution in [0.4, 0.5) is 0 Å². The number of aromatic nitrogens is 3. The maximum atomic E-state index is 9.24. The second kappa shape index (κ2) is 6.23. The molecule has 3 aromatic rings. The van der Waals surface area contributed by atoms with Gasteiger partial charge >= 0.3 is 0 Å². The molecule has 0 radical (unpaired) electrons. The first kappa shape index (κ1) is 15.3. The van der Waals surface area contributed by atoms with Crippen molar-refractivity contribution in [2.45, 2.75) is 6.92 Å². The van der Waals surface area contributed by atoms with E-state index in [0.717, 1.165) is 22.0 Å². The Balaban J connectivity index is 2.54. The lowest BCUT2D eigenvalue weighted by molar-refractivity contribution is 1.19. The summed E-state index contributed by atoms with van der Waals surface area (Å²) >= 11 is 0. The van der Waals surface area contributed by atoms with E-state index in [0.29, 0.717) is 11.0 Å². The third-order valence-corrected chi connectivity index (χ3v) is 3.68. The highest BCUT2D eigenvalue weighted by molar-refractivity contribution is 6.08. The molecule has 0 aliphatic heterocycles. The number of aliphatic imine (C=N–C) groups is 1. The normalized spacial score (nSPS) is 11.3. The first-order valence-corrected chi connectivity index (χ1v) is 7.19. The van der Waals surface area contributed by atoms with Gasteiger partial charge in [0.1, 0.15) is 17.7 Å². The molecule has 0 spiro atoms. The van der Waals surface area contributed by atoms with Crippen LogP contribution in [0, 0.1) is 29.6 Å². The number of benzene rings is 1. The molecule has 6 nitrogen and oxygen atoms in total. The summed E-state index contributed by atoms with van der Waals surface area (Å²) in [7, 11) is 1.68. The van der Waals surface area contributed by atoms with Gasteiger partial charge in [0, 0.05) is 30.4 Å². The smallest absolute Gasteiger partial charge is 0.177 e. The number of nitriles is 2. The van der Waals surface area contributed by atoms with Crippen LogP contribution >= 0.6 is 0 Å². The first-order chi connectivity index (χ1) is 11.7. The maximum Gasteiger partial charge on any atom is 0.177 e. The maximum absolute atomic E-state index is 9.24. The fourth-order valence-electron chi connectivity index (χ4n) is 2.60. The van der Waals surface area contributed by atoms with E-state index >= 15 is 0 Å². The van der Waals surface area contributed by atoms with Crippen LogP contribution in [-0.4, -0.2) is 28.2 Å². The molecule has 0 saturated heterocycles. The molecule has 0 N–H and O–H groups in total. The second-order valence-electron chi connectivity index (χ2n) is 5.05. The Bertz CT molecular complexity index is 1100. The second-order valence-corrected chi connectivity index (χ2v) is 5.05. The Morgan fingerprint density at radius 2 is 1.79 bits per heavy atom. The molecule has 2 aromatic heterocycles. The summed E-state index contributed by atoms with van der Waals surface area (Å²) in [4.78, 5) is 17.1. The minimum atomic E-state index is 0.0176. The fourth-order valence-corrected chi connectivity index (χ4v) is 2.60. The monoisotopic (exact) mass is 312 g/mol. The van der Waals surface area contributed by atoms with E-state index in [9.17, 15) is 10.5 Å². The Morgan fingerprint density at radius 1 is 1.08 bits per heavy atom. The Hall–Kier alpha value is -3.64. The molecule has 0 aliphatic carbocycles. The largest absolute Gasteiger partial charge is 0.297 e. The number of fused-ring (bicyclic) bond motifs is 3. The van der Waals surface area contributed by atoms with Gasteiger partial charge < -0.3 is 0 Å². The Kier molecular flexibility index (Phi) is 3.96. The highest BCUT2D eigenvalue weighted by Crippen LogP contribution is 2.30. The molecule has 0 fully saturated rings. The van der Waals surface area contributed by atoms with Crippen molar-refractivity contribution in [3.8, 4) is 12.1 Å². The minimum absolute atomic E-state index is 0.0176. The van der Waals surface area contributed by atoms with Crippen LogP contribution in [0.15, 0.2) is 29.4 Å². The number of pyridine rings is 1. The summed E-state index contributed by atoms with van der Waals surface area (Å²) < 4.78 is 0. The topological polar surface area (TPSA) is 98.6 Å². The minimum Gasteiger partial charge on any atom is -0.297 e. The zero-order valence-electron chi connectivity index (χ0n) is 13.1. The van der Waals surface area contributed by atoms with Gasteiger partial charge in [-0.3, -0.25) is 9.98 Å². The van der Waals surface area contributed by atoms with E-state index in [1.807, 2.05) is 37.3 Å². The molecule has 3 rings (SSSR count). The number of hydrogen-bond acceptors (Lipinski definition) is 6. The third-order valence-electron chi connectivity index (χ3n) is 3.68. The van der Waals surface area contributed by atoms with Crippen LogP contribution in [0.1, 0.15) is 22.5 Å². The highest BCUT2D eigenvalue weighted by Gasteiger charge is 2.16. The lowest BCUT2D eigenvalue weighted by atomic mass is 10.0. The van der Waals surface area contributed by atoms with Crippen LogP contribution in [0.2, 0.25) is 0 Å². The van der Waals surface area contributed by atoms with E-state index in [-0.39, 0.29) is 11.4 Å². The predicted molar refractivity (Wildman–Crippen MR) is 92.5 cm³/mol. The van der Waals surface area contributed by atoms with Crippen molar-refractivity contribution in [3.63, 3.8) is 0 Å². The molecule has 1 aromatic carbocycles. The zero-order chi connectivity index (χ0) is 17.1. The van der Waals surface area contributed by atoms with Crippen LogP contribution in [0.3, 0.4) is 0 Å². The lowest BCUT2D eigenvalue weighted by Gasteiger charge is -2.10. The van der Waals surface area contributed by atoms with Gasteiger partial charge in [-0.1, -0.05) is 6.08 Å². The molecular weight excluding hydrogens is 300 g/mol. The van der Waals surface area contributed by atoms with Gasteiger partial charge in [-0.2, -0.15) is 10.5 Å². The molecule has 2 heterocycles. The molecule has 24 heavy (non-hydrogen) atoms. The van der Waals surface area contributed by atoms with Gasteiger partial charge in [-0.15, -0.1) is 0 Å². The van der Waals surface area contributed by atoms with E-state index in [1.54, 1.807) is 25.5 Å². The number of rotatable bonds is 2. The van der Waals surface area contributed by atoms with Crippen molar-refractivity contribution in [1.29, 1.82) is 10.5 Å². The van der Waals surface area contributed by atoms with Gasteiger partial charge in [0.2, 0.25) is 0 Å². The molecule has 0 saturated carbocycles. The zero-order valence-corrected chi connectivity index (χ0v) is 13.1. The lowest BCUT2D eigenvalue weighted by Crippen LogP contribution is -2.00. The van der Waals surface area contributed by atoms with Crippen LogP contribution in [0.25, 0.3) is 28.0 Å². The van der Waals surface area contributed by atoms with Crippen LogP contribution in [-0.2, 0) is 0 Å². The summed E-state index contributed by atoms with van der Waals surface area (Å²) in [5.41, 5.74) is 3.71. The molecule has 0 bridgehead atoms. The number of aryl methyl sites for hydroxylation is 1. The van der Waals surface area contributed by atoms with Crippen LogP contribution in [0.5, 0.6) is 0 Å². The number of allylic oxidation sites excluding steroid dienone is 1. The third kappa shape index (κ3) is 2.37. The summed E-state index contributed by atoms with van der Waals surface area (Å²) in [6.45, 7) is 1.95. The standard InChI is InChI=1S/C18H12N6/c1-11-12(5-3-7-21-2)17-18(13-6-4-8-22-16(11)13)24-15(10-20)14(9-19)23-17/h3-8H,1-2H3/b5-3-,21-7+. The van der Waals surface area contributed by atoms with Crippen molar-refractivity contribution in [1.82, 2.24) is 15.0 Å². The molecule has 0 atom stereocenters.